The third-order valence-corrected chi connectivity index (χ3v) is 4.00. The second-order valence-electron chi connectivity index (χ2n) is 5.98. The lowest BCUT2D eigenvalue weighted by Crippen LogP contribution is -2.19. The summed E-state index contributed by atoms with van der Waals surface area (Å²) < 4.78 is 0. The fourth-order valence-electron chi connectivity index (χ4n) is 2.46. The fraction of sp³-hybridized carbons (Fsp3) is 0.0952. The van der Waals surface area contributed by atoms with Crippen molar-refractivity contribution in [3.05, 3.63) is 83.9 Å². The Bertz CT molecular complexity index is 919. The highest BCUT2D eigenvalue weighted by Gasteiger charge is 2.02. The molecular formula is C21H20N4S. The molecule has 0 heterocycles. The summed E-state index contributed by atoms with van der Waals surface area (Å²) >= 11 is 5.39. The van der Waals surface area contributed by atoms with Crippen LogP contribution in [0, 0.1) is 13.8 Å². The summed E-state index contributed by atoms with van der Waals surface area (Å²) in [7, 11) is 0. The lowest BCUT2D eigenvalue weighted by Gasteiger charge is -2.13. The van der Waals surface area contributed by atoms with Crippen LogP contribution in [0.4, 0.5) is 22.7 Å². The molecule has 0 spiro atoms. The average Bonchev–Trinajstić information content (AvgIpc) is 2.64. The average molecular weight is 360 g/mol. The minimum absolute atomic E-state index is 0.551. The second-order valence-corrected chi connectivity index (χ2v) is 6.39. The van der Waals surface area contributed by atoms with Crippen LogP contribution in [-0.2, 0) is 0 Å². The van der Waals surface area contributed by atoms with Gasteiger partial charge in [0.25, 0.3) is 0 Å². The molecule has 0 aliphatic rings. The summed E-state index contributed by atoms with van der Waals surface area (Å²) in [5.41, 5.74) is 5.89. The lowest BCUT2D eigenvalue weighted by molar-refractivity contribution is 1.23. The number of nitrogens with one attached hydrogen (secondary N) is 2. The molecule has 3 aromatic rings. The summed E-state index contributed by atoms with van der Waals surface area (Å²) in [4.78, 5) is 0. The third-order valence-electron chi connectivity index (χ3n) is 3.79. The molecule has 5 heteroatoms. The molecular weight excluding hydrogens is 340 g/mol. The number of hydrogen-bond acceptors (Lipinski definition) is 3. The van der Waals surface area contributed by atoms with Gasteiger partial charge in [-0.25, -0.2) is 0 Å². The summed E-state index contributed by atoms with van der Waals surface area (Å²) in [6.45, 7) is 4.13. The maximum absolute atomic E-state index is 5.39. The summed E-state index contributed by atoms with van der Waals surface area (Å²) in [6.07, 6.45) is 0. The first kappa shape index (κ1) is 17.8. The number of azo groups is 1. The van der Waals surface area contributed by atoms with Crippen LogP contribution in [0.15, 0.2) is 83.0 Å². The number of aryl methyl sites for hydroxylation is 2. The molecule has 130 valence electrons. The molecule has 0 bridgehead atoms. The molecule has 0 aromatic heterocycles. The predicted octanol–water partition coefficient (Wildman–Crippen LogP) is 6.53. The molecule has 0 fully saturated rings. The van der Waals surface area contributed by atoms with Gasteiger partial charge in [-0.05, 0) is 74.1 Å². The van der Waals surface area contributed by atoms with Crippen molar-refractivity contribution in [3.8, 4) is 0 Å². The Balaban J connectivity index is 1.60. The van der Waals surface area contributed by atoms with Crippen LogP contribution in [0.3, 0.4) is 0 Å². The molecule has 0 aliphatic heterocycles. The topological polar surface area (TPSA) is 48.8 Å². The normalized spacial score (nSPS) is 10.7. The number of hydrogen-bond donors (Lipinski definition) is 2. The Morgan fingerprint density at radius 1 is 0.769 bits per heavy atom. The zero-order valence-corrected chi connectivity index (χ0v) is 15.5. The number of nitrogens with zero attached hydrogens (tertiary/aromatic N) is 2. The van der Waals surface area contributed by atoms with E-state index in [9.17, 15) is 0 Å². The van der Waals surface area contributed by atoms with E-state index in [-0.39, 0.29) is 0 Å². The van der Waals surface area contributed by atoms with Gasteiger partial charge in [-0.3, -0.25) is 0 Å². The van der Waals surface area contributed by atoms with E-state index < -0.39 is 0 Å². The van der Waals surface area contributed by atoms with Gasteiger partial charge in [0.05, 0.1) is 11.4 Å². The number of rotatable bonds is 4. The monoisotopic (exact) mass is 360 g/mol. The fourth-order valence-corrected chi connectivity index (χ4v) is 2.69. The Morgan fingerprint density at radius 3 is 2.08 bits per heavy atom. The molecule has 3 rings (SSSR count). The first-order chi connectivity index (χ1) is 12.6. The minimum Gasteiger partial charge on any atom is -0.332 e. The molecule has 0 saturated carbocycles. The number of anilines is 2. The van der Waals surface area contributed by atoms with Crippen LogP contribution < -0.4 is 10.6 Å². The van der Waals surface area contributed by atoms with Gasteiger partial charge in [-0.15, -0.1) is 0 Å². The number of thiocarbonyl (C=S) groups is 1. The van der Waals surface area contributed by atoms with E-state index in [2.05, 4.69) is 46.8 Å². The smallest absolute Gasteiger partial charge is 0.175 e. The molecule has 4 nitrogen and oxygen atoms in total. The van der Waals surface area contributed by atoms with Crippen LogP contribution >= 0.6 is 12.2 Å². The van der Waals surface area contributed by atoms with E-state index in [0.717, 1.165) is 28.3 Å². The molecule has 0 radical (unpaired) electrons. The van der Waals surface area contributed by atoms with Crippen molar-refractivity contribution in [2.24, 2.45) is 10.2 Å². The van der Waals surface area contributed by atoms with Crippen molar-refractivity contribution in [1.82, 2.24) is 0 Å². The Labute approximate surface area is 159 Å². The minimum atomic E-state index is 0.551. The van der Waals surface area contributed by atoms with E-state index in [0.29, 0.717) is 5.11 Å². The molecule has 26 heavy (non-hydrogen) atoms. The number of benzene rings is 3. The molecule has 2 N–H and O–H groups in total. The molecule has 3 aromatic carbocycles. The molecule has 0 saturated heterocycles. The van der Waals surface area contributed by atoms with Crippen LogP contribution in [0.5, 0.6) is 0 Å². The van der Waals surface area contributed by atoms with Crippen LogP contribution in [0.2, 0.25) is 0 Å². The maximum Gasteiger partial charge on any atom is 0.175 e. The van der Waals surface area contributed by atoms with Gasteiger partial charge in [0.2, 0.25) is 0 Å². The van der Waals surface area contributed by atoms with Gasteiger partial charge in [0.1, 0.15) is 0 Å². The quantitative estimate of drug-likeness (QED) is 0.411. The maximum atomic E-state index is 5.39. The first-order valence-corrected chi connectivity index (χ1v) is 8.73. The molecule has 0 atom stereocenters. The zero-order chi connectivity index (χ0) is 18.4. The largest absolute Gasteiger partial charge is 0.332 e. The van der Waals surface area contributed by atoms with Crippen LogP contribution in [0.1, 0.15) is 11.1 Å². The Kier molecular flexibility index (Phi) is 5.71. The summed E-state index contributed by atoms with van der Waals surface area (Å²) in [5.74, 6) is 0. The van der Waals surface area contributed by atoms with E-state index in [4.69, 9.17) is 12.2 Å². The lowest BCUT2D eigenvalue weighted by atomic mass is 10.1. The van der Waals surface area contributed by atoms with E-state index in [1.807, 2.05) is 60.7 Å². The van der Waals surface area contributed by atoms with Gasteiger partial charge < -0.3 is 10.6 Å². The van der Waals surface area contributed by atoms with Crippen molar-refractivity contribution in [1.29, 1.82) is 0 Å². The van der Waals surface area contributed by atoms with E-state index in [1.165, 1.54) is 5.56 Å². The first-order valence-electron chi connectivity index (χ1n) is 8.32. The van der Waals surface area contributed by atoms with Crippen molar-refractivity contribution in [2.75, 3.05) is 10.6 Å². The van der Waals surface area contributed by atoms with Crippen LogP contribution in [0.25, 0.3) is 0 Å². The van der Waals surface area contributed by atoms with Gasteiger partial charge in [0, 0.05) is 11.4 Å². The highest BCUT2D eigenvalue weighted by molar-refractivity contribution is 7.80. The van der Waals surface area contributed by atoms with Crippen molar-refractivity contribution in [3.63, 3.8) is 0 Å². The third kappa shape index (κ3) is 4.97. The highest BCUT2D eigenvalue weighted by atomic mass is 32.1. The second kappa shape index (κ2) is 8.36. The predicted molar refractivity (Wildman–Crippen MR) is 113 cm³/mol. The standard InChI is InChI=1S/C21H20N4S/c1-15-8-13-20(16(2)14-15)23-21(26)22-17-9-11-19(12-10-17)25-24-18-6-4-3-5-7-18/h3-14H,1-2H3,(H2,22,23,26). The van der Waals surface area contributed by atoms with Crippen molar-refractivity contribution >= 4 is 40.1 Å². The van der Waals surface area contributed by atoms with Crippen LogP contribution in [-0.4, -0.2) is 5.11 Å². The Morgan fingerprint density at radius 2 is 1.42 bits per heavy atom. The van der Waals surface area contributed by atoms with Crippen molar-refractivity contribution in [2.45, 2.75) is 13.8 Å². The highest BCUT2D eigenvalue weighted by Crippen LogP contribution is 2.21. The summed E-state index contributed by atoms with van der Waals surface area (Å²) in [5, 5.41) is 15.4. The van der Waals surface area contributed by atoms with Gasteiger partial charge in [0.15, 0.2) is 5.11 Å². The van der Waals surface area contributed by atoms with Gasteiger partial charge in [-0.2, -0.15) is 10.2 Å². The SMILES string of the molecule is Cc1ccc(NC(=S)Nc2ccc(N=Nc3ccccc3)cc2)c(C)c1. The molecule has 0 aliphatic carbocycles. The Hall–Kier alpha value is -3.05. The van der Waals surface area contributed by atoms with E-state index in [1.54, 1.807) is 0 Å². The van der Waals surface area contributed by atoms with Gasteiger partial charge in [-0.1, -0.05) is 35.9 Å². The molecule has 0 unspecified atom stereocenters. The van der Waals surface area contributed by atoms with Crippen molar-refractivity contribution < 1.29 is 0 Å². The summed E-state index contributed by atoms with van der Waals surface area (Å²) in [6, 6.07) is 23.5. The zero-order valence-electron chi connectivity index (χ0n) is 14.7. The molecule has 0 amide bonds. The van der Waals surface area contributed by atoms with E-state index >= 15 is 0 Å². The van der Waals surface area contributed by atoms with Gasteiger partial charge >= 0.3 is 0 Å².